The quantitative estimate of drug-likeness (QED) is 0.889. The van der Waals surface area contributed by atoms with Crippen LogP contribution in [0.4, 0.5) is 11.4 Å². The standard InChI is InChI=1S/C18H20N2O3/c1-12-7-4-5-10-17(12)23-13(2)18(22)20-16-9-6-8-15(11-16)19-14(3)21/h4-11,13H,1-3H3,(H,19,21)(H,20,22). The number of ether oxygens (including phenoxy) is 1. The van der Waals surface area contributed by atoms with E-state index in [2.05, 4.69) is 10.6 Å². The predicted molar refractivity (Wildman–Crippen MR) is 90.6 cm³/mol. The van der Waals surface area contributed by atoms with Gasteiger partial charge in [0, 0.05) is 18.3 Å². The molecule has 0 bridgehead atoms. The van der Waals surface area contributed by atoms with E-state index in [1.54, 1.807) is 31.2 Å². The predicted octanol–water partition coefficient (Wildman–Crippen LogP) is 3.36. The molecule has 0 aliphatic rings. The molecule has 0 heterocycles. The lowest BCUT2D eigenvalue weighted by Gasteiger charge is -2.16. The number of anilines is 2. The molecule has 2 aromatic carbocycles. The van der Waals surface area contributed by atoms with Gasteiger partial charge in [0.25, 0.3) is 5.91 Å². The van der Waals surface area contributed by atoms with E-state index in [0.29, 0.717) is 17.1 Å². The number of amides is 2. The van der Waals surface area contributed by atoms with Gasteiger partial charge in [0.15, 0.2) is 6.10 Å². The summed E-state index contributed by atoms with van der Waals surface area (Å²) >= 11 is 0. The van der Waals surface area contributed by atoms with E-state index in [9.17, 15) is 9.59 Å². The van der Waals surface area contributed by atoms with Gasteiger partial charge in [0.1, 0.15) is 5.75 Å². The summed E-state index contributed by atoms with van der Waals surface area (Å²) in [6.07, 6.45) is -0.638. The Bertz CT molecular complexity index is 713. The largest absolute Gasteiger partial charge is 0.481 e. The van der Waals surface area contributed by atoms with Crippen molar-refractivity contribution in [2.45, 2.75) is 26.9 Å². The second kappa shape index (κ2) is 7.45. The van der Waals surface area contributed by atoms with Gasteiger partial charge in [-0.15, -0.1) is 0 Å². The summed E-state index contributed by atoms with van der Waals surface area (Å²) in [4.78, 5) is 23.3. The highest BCUT2D eigenvalue weighted by atomic mass is 16.5. The minimum Gasteiger partial charge on any atom is -0.481 e. The fourth-order valence-electron chi connectivity index (χ4n) is 2.05. The van der Waals surface area contributed by atoms with E-state index in [4.69, 9.17) is 4.74 Å². The molecule has 2 rings (SSSR count). The maximum atomic E-state index is 12.2. The highest BCUT2D eigenvalue weighted by Crippen LogP contribution is 2.19. The zero-order valence-corrected chi connectivity index (χ0v) is 13.4. The Labute approximate surface area is 135 Å². The molecule has 1 atom stereocenters. The van der Waals surface area contributed by atoms with Gasteiger partial charge in [-0.2, -0.15) is 0 Å². The Morgan fingerprint density at radius 3 is 2.30 bits per heavy atom. The van der Waals surface area contributed by atoms with Crippen LogP contribution in [0.1, 0.15) is 19.4 Å². The van der Waals surface area contributed by atoms with Crippen LogP contribution in [0, 0.1) is 6.92 Å². The molecule has 120 valence electrons. The number of rotatable bonds is 5. The molecular formula is C18H20N2O3. The second-order valence-corrected chi connectivity index (χ2v) is 5.28. The van der Waals surface area contributed by atoms with E-state index in [-0.39, 0.29) is 11.8 Å². The first-order valence-electron chi connectivity index (χ1n) is 7.36. The zero-order chi connectivity index (χ0) is 16.8. The third-order valence-electron chi connectivity index (χ3n) is 3.22. The number of benzene rings is 2. The van der Waals surface area contributed by atoms with Crippen molar-refractivity contribution in [2.75, 3.05) is 10.6 Å². The van der Waals surface area contributed by atoms with E-state index in [1.807, 2.05) is 31.2 Å². The Morgan fingerprint density at radius 2 is 1.65 bits per heavy atom. The summed E-state index contributed by atoms with van der Waals surface area (Å²) in [6, 6.07) is 14.5. The summed E-state index contributed by atoms with van der Waals surface area (Å²) < 4.78 is 5.69. The number of aryl methyl sites for hydroxylation is 1. The number of para-hydroxylation sites is 1. The van der Waals surface area contributed by atoms with Crippen LogP contribution in [0.2, 0.25) is 0 Å². The SMILES string of the molecule is CC(=O)Nc1cccc(NC(=O)C(C)Oc2ccccc2C)c1. The zero-order valence-electron chi connectivity index (χ0n) is 13.4. The van der Waals surface area contributed by atoms with Crippen LogP contribution in [-0.2, 0) is 9.59 Å². The van der Waals surface area contributed by atoms with Crippen molar-refractivity contribution < 1.29 is 14.3 Å². The number of nitrogens with one attached hydrogen (secondary N) is 2. The third kappa shape index (κ3) is 4.85. The highest BCUT2D eigenvalue weighted by Gasteiger charge is 2.15. The van der Waals surface area contributed by atoms with Gasteiger partial charge < -0.3 is 15.4 Å². The highest BCUT2D eigenvalue weighted by molar-refractivity contribution is 5.95. The molecule has 0 saturated heterocycles. The smallest absolute Gasteiger partial charge is 0.265 e. The minimum absolute atomic E-state index is 0.162. The van der Waals surface area contributed by atoms with Crippen LogP contribution in [0.3, 0.4) is 0 Å². The van der Waals surface area contributed by atoms with Gasteiger partial charge in [-0.25, -0.2) is 0 Å². The molecular weight excluding hydrogens is 292 g/mol. The summed E-state index contributed by atoms with van der Waals surface area (Å²) in [5.74, 6) is 0.264. The van der Waals surface area contributed by atoms with E-state index < -0.39 is 6.10 Å². The lowest BCUT2D eigenvalue weighted by molar-refractivity contribution is -0.122. The fourth-order valence-corrected chi connectivity index (χ4v) is 2.05. The lowest BCUT2D eigenvalue weighted by Crippen LogP contribution is -2.30. The van der Waals surface area contributed by atoms with Gasteiger partial charge in [-0.1, -0.05) is 24.3 Å². The summed E-state index contributed by atoms with van der Waals surface area (Å²) in [6.45, 7) is 5.06. The molecule has 0 aromatic heterocycles. The van der Waals surface area contributed by atoms with Crippen molar-refractivity contribution in [3.63, 3.8) is 0 Å². The Balaban J connectivity index is 2.01. The molecule has 2 N–H and O–H groups in total. The van der Waals surface area contributed by atoms with E-state index >= 15 is 0 Å². The van der Waals surface area contributed by atoms with Gasteiger partial charge in [0.05, 0.1) is 0 Å². The Morgan fingerprint density at radius 1 is 1.00 bits per heavy atom. The van der Waals surface area contributed by atoms with Crippen LogP contribution < -0.4 is 15.4 Å². The summed E-state index contributed by atoms with van der Waals surface area (Å²) in [5, 5.41) is 5.45. The Kier molecular flexibility index (Phi) is 5.36. The number of hydrogen-bond acceptors (Lipinski definition) is 3. The molecule has 0 aliphatic heterocycles. The molecule has 0 saturated carbocycles. The molecule has 23 heavy (non-hydrogen) atoms. The van der Waals surface area contributed by atoms with Gasteiger partial charge in [0.2, 0.25) is 5.91 Å². The van der Waals surface area contributed by atoms with Crippen LogP contribution in [0.25, 0.3) is 0 Å². The van der Waals surface area contributed by atoms with Crippen molar-refractivity contribution in [2.24, 2.45) is 0 Å². The van der Waals surface area contributed by atoms with Gasteiger partial charge >= 0.3 is 0 Å². The monoisotopic (exact) mass is 312 g/mol. The first-order valence-corrected chi connectivity index (χ1v) is 7.36. The molecule has 1 unspecified atom stereocenters. The average Bonchev–Trinajstić information content (AvgIpc) is 2.49. The fraction of sp³-hybridized carbons (Fsp3) is 0.222. The van der Waals surface area contributed by atoms with Crippen LogP contribution >= 0.6 is 0 Å². The maximum absolute atomic E-state index is 12.2. The molecule has 2 aromatic rings. The van der Waals surface area contributed by atoms with Crippen LogP contribution in [-0.4, -0.2) is 17.9 Å². The van der Waals surface area contributed by atoms with Crippen molar-refractivity contribution in [3.05, 3.63) is 54.1 Å². The molecule has 5 nitrogen and oxygen atoms in total. The molecule has 0 radical (unpaired) electrons. The van der Waals surface area contributed by atoms with Crippen LogP contribution in [0.5, 0.6) is 5.75 Å². The first kappa shape index (κ1) is 16.5. The third-order valence-corrected chi connectivity index (χ3v) is 3.22. The number of hydrogen-bond donors (Lipinski definition) is 2. The number of carbonyl (C=O) groups excluding carboxylic acids is 2. The van der Waals surface area contributed by atoms with Crippen molar-refractivity contribution >= 4 is 23.2 Å². The summed E-state index contributed by atoms with van der Waals surface area (Å²) in [5.41, 5.74) is 2.20. The molecule has 0 spiro atoms. The van der Waals surface area contributed by atoms with Crippen molar-refractivity contribution in [1.29, 1.82) is 0 Å². The van der Waals surface area contributed by atoms with Gasteiger partial charge in [-0.05, 0) is 43.7 Å². The second-order valence-electron chi connectivity index (χ2n) is 5.28. The first-order chi connectivity index (χ1) is 11.0. The average molecular weight is 312 g/mol. The molecule has 5 heteroatoms. The maximum Gasteiger partial charge on any atom is 0.265 e. The molecule has 0 fully saturated rings. The van der Waals surface area contributed by atoms with Crippen molar-refractivity contribution in [1.82, 2.24) is 0 Å². The van der Waals surface area contributed by atoms with E-state index in [1.165, 1.54) is 6.92 Å². The summed E-state index contributed by atoms with van der Waals surface area (Å²) in [7, 11) is 0. The topological polar surface area (TPSA) is 67.4 Å². The molecule has 2 amide bonds. The minimum atomic E-state index is -0.638. The normalized spacial score (nSPS) is 11.4. The lowest BCUT2D eigenvalue weighted by atomic mass is 10.2. The molecule has 0 aliphatic carbocycles. The number of carbonyl (C=O) groups is 2. The van der Waals surface area contributed by atoms with Crippen molar-refractivity contribution in [3.8, 4) is 5.75 Å². The van der Waals surface area contributed by atoms with Crippen LogP contribution in [0.15, 0.2) is 48.5 Å². The van der Waals surface area contributed by atoms with E-state index in [0.717, 1.165) is 5.56 Å². The Hall–Kier alpha value is -2.82. The van der Waals surface area contributed by atoms with Gasteiger partial charge in [-0.3, -0.25) is 9.59 Å².